The van der Waals surface area contributed by atoms with Crippen LogP contribution in [0.15, 0.2) is 48.5 Å². The van der Waals surface area contributed by atoms with Crippen molar-refractivity contribution in [2.45, 2.75) is 20.0 Å². The van der Waals surface area contributed by atoms with E-state index >= 15 is 0 Å². The second-order valence-corrected chi connectivity index (χ2v) is 6.04. The molecule has 1 aromatic heterocycles. The molecule has 0 aliphatic rings. The Balaban J connectivity index is 1.87. The maximum Gasteiger partial charge on any atom is 0.419 e. The molecular formula is C19H15F4N3O. The molecule has 0 aliphatic carbocycles. The molecule has 1 heterocycles. The molecule has 3 aromatic rings. The summed E-state index contributed by atoms with van der Waals surface area (Å²) < 4.78 is 53.5. The number of aryl methyl sites for hydroxylation is 2. The lowest BCUT2D eigenvalue weighted by Crippen LogP contribution is -2.15. The minimum atomic E-state index is -4.88. The molecular weight excluding hydrogens is 362 g/mol. The van der Waals surface area contributed by atoms with Crippen LogP contribution in [-0.2, 0) is 6.18 Å². The van der Waals surface area contributed by atoms with Crippen molar-refractivity contribution in [1.82, 2.24) is 9.78 Å². The van der Waals surface area contributed by atoms with E-state index in [9.17, 15) is 22.4 Å². The van der Waals surface area contributed by atoms with Gasteiger partial charge in [0.25, 0.3) is 5.91 Å². The van der Waals surface area contributed by atoms with Crippen LogP contribution in [0.1, 0.15) is 27.3 Å². The van der Waals surface area contributed by atoms with E-state index < -0.39 is 23.5 Å². The van der Waals surface area contributed by atoms with Crippen LogP contribution in [0.2, 0.25) is 0 Å². The molecule has 140 valence electrons. The summed E-state index contributed by atoms with van der Waals surface area (Å²) in [5, 5.41) is 6.87. The molecule has 1 amide bonds. The van der Waals surface area contributed by atoms with E-state index in [-0.39, 0.29) is 5.56 Å². The minimum Gasteiger partial charge on any atom is -0.322 e. The maximum atomic E-state index is 13.4. The van der Waals surface area contributed by atoms with Crippen LogP contribution >= 0.6 is 0 Å². The zero-order valence-corrected chi connectivity index (χ0v) is 14.4. The maximum absolute atomic E-state index is 13.4. The Kier molecular flexibility index (Phi) is 4.73. The van der Waals surface area contributed by atoms with Crippen molar-refractivity contribution in [3.8, 4) is 5.69 Å². The van der Waals surface area contributed by atoms with Gasteiger partial charge in [0, 0.05) is 16.9 Å². The number of hydrogen-bond donors (Lipinski definition) is 1. The lowest BCUT2D eigenvalue weighted by Gasteiger charge is -2.11. The summed E-state index contributed by atoms with van der Waals surface area (Å²) in [6.07, 6.45) is -4.88. The van der Waals surface area contributed by atoms with Crippen LogP contribution < -0.4 is 5.32 Å². The van der Waals surface area contributed by atoms with Gasteiger partial charge in [-0.05, 0) is 56.3 Å². The summed E-state index contributed by atoms with van der Waals surface area (Å²) in [7, 11) is 0. The molecule has 4 nitrogen and oxygen atoms in total. The van der Waals surface area contributed by atoms with Crippen molar-refractivity contribution in [2.75, 3.05) is 5.32 Å². The van der Waals surface area contributed by atoms with E-state index in [0.717, 1.165) is 17.5 Å². The number of rotatable bonds is 3. The van der Waals surface area contributed by atoms with Crippen LogP contribution in [0.25, 0.3) is 5.69 Å². The van der Waals surface area contributed by atoms with E-state index in [1.165, 1.54) is 0 Å². The quantitative estimate of drug-likeness (QED) is 0.660. The normalized spacial score (nSPS) is 11.5. The average molecular weight is 377 g/mol. The second-order valence-electron chi connectivity index (χ2n) is 6.04. The predicted molar refractivity (Wildman–Crippen MR) is 92.4 cm³/mol. The molecule has 0 bridgehead atoms. The molecule has 2 aromatic carbocycles. The number of nitrogens with zero attached hydrogens (tertiary/aromatic N) is 2. The highest BCUT2D eigenvalue weighted by Crippen LogP contribution is 2.32. The Bertz CT molecular complexity index is 1010. The van der Waals surface area contributed by atoms with Gasteiger partial charge < -0.3 is 5.32 Å². The van der Waals surface area contributed by atoms with Crippen LogP contribution in [-0.4, -0.2) is 15.7 Å². The highest BCUT2D eigenvalue weighted by Gasteiger charge is 2.34. The molecule has 0 saturated heterocycles. The van der Waals surface area contributed by atoms with Crippen LogP contribution in [0.5, 0.6) is 0 Å². The number of aromatic nitrogens is 2. The smallest absolute Gasteiger partial charge is 0.322 e. The molecule has 0 radical (unpaired) electrons. The highest BCUT2D eigenvalue weighted by atomic mass is 19.4. The molecule has 1 N–H and O–H groups in total. The number of halogens is 4. The third-order valence-electron chi connectivity index (χ3n) is 3.89. The first-order chi connectivity index (χ1) is 12.6. The molecule has 0 atom stereocenters. The van der Waals surface area contributed by atoms with E-state index in [1.54, 1.807) is 28.9 Å². The van der Waals surface area contributed by atoms with Gasteiger partial charge in [0.2, 0.25) is 0 Å². The Labute approximate surface area is 152 Å². The van der Waals surface area contributed by atoms with Crippen molar-refractivity contribution in [2.24, 2.45) is 0 Å². The summed E-state index contributed by atoms with van der Waals surface area (Å²) in [4.78, 5) is 12.3. The van der Waals surface area contributed by atoms with E-state index in [2.05, 4.69) is 10.4 Å². The van der Waals surface area contributed by atoms with Crippen LogP contribution in [0.3, 0.4) is 0 Å². The van der Waals surface area contributed by atoms with Gasteiger partial charge in [-0.25, -0.2) is 9.07 Å². The standard InChI is InChI=1S/C19H15F4N3O/c1-11-8-12(2)26(25-11)15-5-3-4-14(10-15)24-18(27)13-6-7-17(20)16(9-13)19(21,22)23/h3-10H,1-2H3,(H,24,27). The zero-order chi connectivity index (χ0) is 19.8. The fourth-order valence-electron chi connectivity index (χ4n) is 2.69. The van der Waals surface area contributed by atoms with E-state index in [0.29, 0.717) is 23.5 Å². The number of anilines is 1. The van der Waals surface area contributed by atoms with Gasteiger partial charge in [-0.15, -0.1) is 0 Å². The summed E-state index contributed by atoms with van der Waals surface area (Å²) in [6, 6.07) is 10.7. The topological polar surface area (TPSA) is 46.9 Å². The molecule has 0 saturated carbocycles. The SMILES string of the molecule is Cc1cc(C)n(-c2cccc(NC(=O)c3ccc(F)c(C(F)(F)F)c3)c2)n1. The van der Waals surface area contributed by atoms with Crippen molar-refractivity contribution in [1.29, 1.82) is 0 Å². The third-order valence-corrected chi connectivity index (χ3v) is 3.89. The number of alkyl halides is 3. The number of hydrogen-bond acceptors (Lipinski definition) is 2. The van der Waals surface area contributed by atoms with Crippen molar-refractivity contribution < 1.29 is 22.4 Å². The van der Waals surface area contributed by atoms with Gasteiger partial charge in [-0.1, -0.05) is 6.07 Å². The molecule has 0 spiro atoms. The fraction of sp³-hybridized carbons (Fsp3) is 0.158. The lowest BCUT2D eigenvalue weighted by molar-refractivity contribution is -0.140. The number of carbonyl (C=O) groups excluding carboxylic acids is 1. The van der Waals surface area contributed by atoms with E-state index in [1.807, 2.05) is 19.9 Å². The van der Waals surface area contributed by atoms with E-state index in [4.69, 9.17) is 0 Å². The van der Waals surface area contributed by atoms with Crippen molar-refractivity contribution in [3.05, 3.63) is 76.9 Å². The van der Waals surface area contributed by atoms with Crippen molar-refractivity contribution in [3.63, 3.8) is 0 Å². The Morgan fingerprint density at radius 2 is 1.81 bits per heavy atom. The first kappa shape index (κ1) is 18.6. The first-order valence-corrected chi connectivity index (χ1v) is 7.97. The first-order valence-electron chi connectivity index (χ1n) is 7.97. The van der Waals surface area contributed by atoms with Gasteiger partial charge in [-0.3, -0.25) is 4.79 Å². The van der Waals surface area contributed by atoms with Gasteiger partial charge in [-0.2, -0.15) is 18.3 Å². The summed E-state index contributed by atoms with van der Waals surface area (Å²) >= 11 is 0. The molecule has 8 heteroatoms. The minimum absolute atomic E-state index is 0.291. The van der Waals surface area contributed by atoms with Gasteiger partial charge >= 0.3 is 6.18 Å². The highest BCUT2D eigenvalue weighted by molar-refractivity contribution is 6.04. The molecule has 0 fully saturated rings. The number of amides is 1. The third kappa shape index (κ3) is 3.99. The summed E-state index contributed by atoms with van der Waals surface area (Å²) in [6.45, 7) is 3.73. The average Bonchev–Trinajstić information content (AvgIpc) is 2.93. The van der Waals surface area contributed by atoms with Crippen molar-refractivity contribution >= 4 is 11.6 Å². The fourth-order valence-corrected chi connectivity index (χ4v) is 2.69. The molecule has 0 aliphatic heterocycles. The molecule has 0 unspecified atom stereocenters. The monoisotopic (exact) mass is 377 g/mol. The second kappa shape index (κ2) is 6.86. The zero-order valence-electron chi connectivity index (χ0n) is 14.4. The number of benzene rings is 2. The Hall–Kier alpha value is -3.16. The molecule has 27 heavy (non-hydrogen) atoms. The largest absolute Gasteiger partial charge is 0.419 e. The van der Waals surface area contributed by atoms with Crippen LogP contribution in [0.4, 0.5) is 23.2 Å². The van der Waals surface area contributed by atoms with Gasteiger partial charge in [0.1, 0.15) is 5.82 Å². The van der Waals surface area contributed by atoms with Crippen LogP contribution in [0, 0.1) is 19.7 Å². The number of carbonyl (C=O) groups is 1. The summed E-state index contributed by atoms with van der Waals surface area (Å²) in [5.74, 6) is -2.20. The Morgan fingerprint density at radius 3 is 2.44 bits per heavy atom. The number of nitrogens with one attached hydrogen (secondary N) is 1. The Morgan fingerprint density at radius 1 is 1.07 bits per heavy atom. The predicted octanol–water partition coefficient (Wildman–Crippen LogP) is 4.90. The lowest BCUT2D eigenvalue weighted by atomic mass is 10.1. The summed E-state index contributed by atoms with van der Waals surface area (Å²) in [5.41, 5.74) is 1.01. The van der Waals surface area contributed by atoms with Gasteiger partial charge in [0.15, 0.2) is 0 Å². The molecule has 3 rings (SSSR count). The van der Waals surface area contributed by atoms with Gasteiger partial charge in [0.05, 0.1) is 16.9 Å².